The van der Waals surface area contributed by atoms with Crippen LogP contribution < -0.4 is 5.32 Å². The number of carbonyl (C=O) groups is 1. The van der Waals surface area contributed by atoms with Crippen LogP contribution in [-0.4, -0.2) is 35.6 Å². The van der Waals surface area contributed by atoms with Crippen LogP contribution in [0.15, 0.2) is 53.4 Å². The highest BCUT2D eigenvalue weighted by Gasteiger charge is 2.18. The molecule has 3 aromatic rings. The number of hydrogen-bond donors (Lipinski definition) is 1. The maximum atomic E-state index is 12.6. The number of halogens is 1. The molecule has 3 rings (SSSR count). The molecule has 9 heteroatoms. The Balaban J connectivity index is 1.91. The fourth-order valence-corrected chi connectivity index (χ4v) is 3.09. The summed E-state index contributed by atoms with van der Waals surface area (Å²) in [6.45, 7) is 1.66. The number of para-hydroxylation sites is 1. The summed E-state index contributed by atoms with van der Waals surface area (Å²) in [5, 5.41) is 11.3. The summed E-state index contributed by atoms with van der Waals surface area (Å²) in [4.78, 5) is 14.0. The van der Waals surface area contributed by atoms with E-state index < -0.39 is 15.7 Å². The number of amides is 1. The number of nitrogens with zero attached hydrogens (tertiary/aromatic N) is 3. The smallest absolute Gasteiger partial charge is 0.278 e. The van der Waals surface area contributed by atoms with Gasteiger partial charge in [-0.1, -0.05) is 29.8 Å². The molecule has 0 saturated carbocycles. The molecule has 0 fully saturated rings. The van der Waals surface area contributed by atoms with E-state index in [2.05, 4.69) is 15.5 Å². The van der Waals surface area contributed by atoms with Gasteiger partial charge in [-0.3, -0.25) is 4.79 Å². The fraction of sp³-hybridized carbons (Fsp3) is 0.118. The Morgan fingerprint density at radius 2 is 1.81 bits per heavy atom. The molecule has 134 valence electrons. The number of aromatic nitrogens is 3. The number of carbonyl (C=O) groups excluding carboxylic acids is 1. The van der Waals surface area contributed by atoms with E-state index in [1.54, 1.807) is 6.92 Å². The van der Waals surface area contributed by atoms with E-state index in [0.29, 0.717) is 11.4 Å². The van der Waals surface area contributed by atoms with Gasteiger partial charge in [0.25, 0.3) is 5.91 Å². The van der Waals surface area contributed by atoms with Crippen molar-refractivity contribution in [1.82, 2.24) is 15.0 Å². The van der Waals surface area contributed by atoms with Gasteiger partial charge >= 0.3 is 0 Å². The van der Waals surface area contributed by atoms with Crippen molar-refractivity contribution in [3.05, 3.63) is 64.9 Å². The van der Waals surface area contributed by atoms with Crippen molar-refractivity contribution < 1.29 is 13.2 Å². The van der Waals surface area contributed by atoms with Gasteiger partial charge in [0.1, 0.15) is 0 Å². The van der Waals surface area contributed by atoms with Crippen LogP contribution in [0.1, 0.15) is 16.2 Å². The lowest BCUT2D eigenvalue weighted by atomic mass is 10.3. The summed E-state index contributed by atoms with van der Waals surface area (Å²) < 4.78 is 23.4. The minimum Gasteiger partial charge on any atom is -0.319 e. The normalized spacial score (nSPS) is 11.3. The van der Waals surface area contributed by atoms with Crippen LogP contribution >= 0.6 is 11.6 Å². The third-order valence-corrected chi connectivity index (χ3v) is 5.04. The van der Waals surface area contributed by atoms with Gasteiger partial charge in [-0.15, -0.1) is 5.10 Å². The lowest BCUT2D eigenvalue weighted by molar-refractivity contribution is 0.102. The minimum atomic E-state index is -3.42. The molecule has 1 N–H and O–H groups in total. The van der Waals surface area contributed by atoms with E-state index >= 15 is 0 Å². The molecular weight excluding hydrogens is 376 g/mol. The number of hydrogen-bond acceptors (Lipinski definition) is 5. The molecule has 26 heavy (non-hydrogen) atoms. The first-order valence-corrected chi connectivity index (χ1v) is 9.83. The zero-order valence-electron chi connectivity index (χ0n) is 14.0. The monoisotopic (exact) mass is 390 g/mol. The number of anilines is 1. The van der Waals surface area contributed by atoms with Gasteiger partial charge in [-0.05, 0) is 37.3 Å². The first-order valence-electron chi connectivity index (χ1n) is 7.56. The van der Waals surface area contributed by atoms with Crippen LogP contribution in [0.25, 0.3) is 5.69 Å². The average molecular weight is 391 g/mol. The van der Waals surface area contributed by atoms with Crippen molar-refractivity contribution in [1.29, 1.82) is 0 Å². The van der Waals surface area contributed by atoms with Gasteiger partial charge < -0.3 is 5.32 Å². The van der Waals surface area contributed by atoms with Crippen molar-refractivity contribution in [3.8, 4) is 5.69 Å². The zero-order valence-corrected chi connectivity index (χ0v) is 15.5. The summed E-state index contributed by atoms with van der Waals surface area (Å²) in [5.41, 5.74) is 1.46. The number of sulfone groups is 1. The molecule has 0 aliphatic heterocycles. The fourth-order valence-electron chi connectivity index (χ4n) is 2.28. The van der Waals surface area contributed by atoms with E-state index in [1.165, 1.54) is 23.0 Å². The molecule has 1 aromatic heterocycles. The average Bonchev–Trinajstić information content (AvgIpc) is 2.98. The van der Waals surface area contributed by atoms with Gasteiger partial charge in [-0.2, -0.15) is 9.90 Å². The molecule has 0 aliphatic carbocycles. The Morgan fingerprint density at radius 1 is 1.12 bits per heavy atom. The topological polar surface area (TPSA) is 93.9 Å². The maximum absolute atomic E-state index is 12.6. The summed E-state index contributed by atoms with van der Waals surface area (Å²) >= 11 is 6.07. The number of benzene rings is 2. The van der Waals surface area contributed by atoms with Crippen LogP contribution in [0.5, 0.6) is 0 Å². The highest BCUT2D eigenvalue weighted by Crippen LogP contribution is 2.26. The maximum Gasteiger partial charge on any atom is 0.278 e. The van der Waals surface area contributed by atoms with Gasteiger partial charge in [0.05, 0.1) is 27.0 Å². The number of aryl methyl sites for hydroxylation is 1. The van der Waals surface area contributed by atoms with Crippen molar-refractivity contribution >= 4 is 33.0 Å². The first-order chi connectivity index (χ1) is 12.3. The first kappa shape index (κ1) is 18.1. The van der Waals surface area contributed by atoms with Crippen LogP contribution in [0.4, 0.5) is 5.69 Å². The molecule has 2 aromatic carbocycles. The van der Waals surface area contributed by atoms with Crippen molar-refractivity contribution in [3.63, 3.8) is 0 Å². The zero-order chi connectivity index (χ0) is 18.9. The SMILES string of the molecule is Cc1nn(-c2ccccc2)nc1C(=O)Nc1cc(S(C)(=O)=O)ccc1Cl. The second-order valence-corrected chi connectivity index (χ2v) is 8.05. The molecular formula is C17H15ClN4O3S. The third-order valence-electron chi connectivity index (χ3n) is 3.60. The third kappa shape index (κ3) is 3.76. The molecule has 0 saturated heterocycles. The molecule has 1 heterocycles. The Kier molecular flexibility index (Phi) is 4.80. The quantitative estimate of drug-likeness (QED) is 0.739. The molecule has 0 unspecified atom stereocenters. The van der Waals surface area contributed by atoms with Gasteiger partial charge in [0.15, 0.2) is 15.5 Å². The number of rotatable bonds is 4. The molecule has 7 nitrogen and oxygen atoms in total. The standard InChI is InChI=1S/C17H15ClN4O3S/c1-11-16(21-22(20-11)12-6-4-3-5-7-12)17(23)19-15-10-13(26(2,24)25)8-9-14(15)18/h3-10H,1-2H3,(H,19,23). The Morgan fingerprint density at radius 3 is 2.46 bits per heavy atom. The van der Waals surface area contributed by atoms with E-state index in [-0.39, 0.29) is 21.3 Å². The molecule has 0 atom stereocenters. The molecule has 0 radical (unpaired) electrons. The molecule has 0 aliphatic rings. The molecule has 1 amide bonds. The van der Waals surface area contributed by atoms with Crippen molar-refractivity contribution in [2.24, 2.45) is 0 Å². The summed E-state index contributed by atoms with van der Waals surface area (Å²) in [6, 6.07) is 13.3. The molecule has 0 spiro atoms. The van der Waals surface area contributed by atoms with E-state index in [0.717, 1.165) is 6.26 Å². The Bertz CT molecular complexity index is 1080. The van der Waals surface area contributed by atoms with E-state index in [1.807, 2.05) is 30.3 Å². The second-order valence-electron chi connectivity index (χ2n) is 5.63. The summed E-state index contributed by atoms with van der Waals surface area (Å²) in [7, 11) is -3.42. The predicted octanol–water partition coefficient (Wildman–Crippen LogP) is 2.88. The van der Waals surface area contributed by atoms with Gasteiger partial charge in [0, 0.05) is 6.26 Å². The lowest BCUT2D eigenvalue weighted by Crippen LogP contribution is -2.15. The highest BCUT2D eigenvalue weighted by molar-refractivity contribution is 7.90. The van der Waals surface area contributed by atoms with Crippen molar-refractivity contribution in [2.75, 3.05) is 11.6 Å². The van der Waals surface area contributed by atoms with Crippen molar-refractivity contribution in [2.45, 2.75) is 11.8 Å². The minimum absolute atomic E-state index is 0.0573. The van der Waals surface area contributed by atoms with Crippen LogP contribution in [0, 0.1) is 6.92 Å². The second kappa shape index (κ2) is 6.89. The summed E-state index contributed by atoms with van der Waals surface area (Å²) in [5.74, 6) is -0.530. The van der Waals surface area contributed by atoms with E-state index in [4.69, 9.17) is 11.6 Å². The Labute approximate surface area is 155 Å². The largest absolute Gasteiger partial charge is 0.319 e. The van der Waals surface area contributed by atoms with Crippen LogP contribution in [-0.2, 0) is 9.84 Å². The molecule has 0 bridgehead atoms. The Hall–Kier alpha value is -2.71. The van der Waals surface area contributed by atoms with E-state index in [9.17, 15) is 13.2 Å². The highest BCUT2D eigenvalue weighted by atomic mass is 35.5. The van der Waals surface area contributed by atoms with Gasteiger partial charge in [0.2, 0.25) is 0 Å². The summed E-state index contributed by atoms with van der Waals surface area (Å²) in [6.07, 6.45) is 1.08. The lowest BCUT2D eigenvalue weighted by Gasteiger charge is -2.08. The van der Waals surface area contributed by atoms with Crippen LogP contribution in [0.3, 0.4) is 0 Å². The number of nitrogens with one attached hydrogen (secondary N) is 1. The predicted molar refractivity (Wildman–Crippen MR) is 98.6 cm³/mol. The van der Waals surface area contributed by atoms with Gasteiger partial charge in [-0.25, -0.2) is 8.42 Å². The van der Waals surface area contributed by atoms with Crippen LogP contribution in [0.2, 0.25) is 5.02 Å².